The van der Waals surface area contributed by atoms with Crippen LogP contribution in [-0.4, -0.2) is 41.0 Å². The van der Waals surface area contributed by atoms with Gasteiger partial charge in [-0.3, -0.25) is 9.69 Å². The second-order valence-corrected chi connectivity index (χ2v) is 8.08. The summed E-state index contributed by atoms with van der Waals surface area (Å²) in [4.78, 5) is 20.5. The van der Waals surface area contributed by atoms with Gasteiger partial charge < -0.3 is 5.32 Å². The highest BCUT2D eigenvalue weighted by Crippen LogP contribution is 2.33. The number of carbonyl (C=O) groups excluding carboxylic acids is 1. The molecular formula is C19H23N3OS. The summed E-state index contributed by atoms with van der Waals surface area (Å²) in [6.07, 6.45) is 4.21. The highest BCUT2D eigenvalue weighted by Gasteiger charge is 2.39. The van der Waals surface area contributed by atoms with Crippen LogP contribution in [0, 0.1) is 12.8 Å². The first-order valence-electron chi connectivity index (χ1n) is 8.68. The molecule has 3 aliphatic heterocycles. The van der Waals surface area contributed by atoms with E-state index in [2.05, 4.69) is 41.2 Å². The number of carbonyl (C=O) groups is 1. The van der Waals surface area contributed by atoms with E-state index in [1.54, 1.807) is 0 Å². The van der Waals surface area contributed by atoms with Crippen LogP contribution >= 0.6 is 11.3 Å². The first kappa shape index (κ1) is 15.8. The Kier molecular flexibility index (Phi) is 4.14. The lowest BCUT2D eigenvalue weighted by Crippen LogP contribution is -2.60. The molecular weight excluding hydrogens is 318 g/mol. The fraction of sp³-hybridized carbons (Fsp3) is 0.474. The van der Waals surface area contributed by atoms with Gasteiger partial charge >= 0.3 is 0 Å². The minimum Gasteiger partial charge on any atom is -0.346 e. The number of amides is 1. The molecule has 2 bridgehead atoms. The van der Waals surface area contributed by atoms with Crippen molar-refractivity contribution in [1.82, 2.24) is 15.2 Å². The van der Waals surface area contributed by atoms with E-state index in [0.29, 0.717) is 17.0 Å². The number of hydrogen-bond donors (Lipinski definition) is 1. The van der Waals surface area contributed by atoms with E-state index in [9.17, 15) is 4.79 Å². The Hall–Kier alpha value is -1.72. The number of nitrogens with one attached hydrogen (secondary N) is 1. The van der Waals surface area contributed by atoms with Crippen molar-refractivity contribution in [3.8, 4) is 10.4 Å². The molecule has 1 N–H and O–H groups in total. The van der Waals surface area contributed by atoms with E-state index in [0.717, 1.165) is 17.0 Å². The minimum atomic E-state index is -0.0220. The van der Waals surface area contributed by atoms with Crippen LogP contribution in [0.3, 0.4) is 0 Å². The zero-order chi connectivity index (χ0) is 16.7. The van der Waals surface area contributed by atoms with Gasteiger partial charge in [0.1, 0.15) is 0 Å². The van der Waals surface area contributed by atoms with Crippen molar-refractivity contribution in [3.05, 3.63) is 41.0 Å². The van der Waals surface area contributed by atoms with Crippen LogP contribution in [-0.2, 0) is 0 Å². The Balaban J connectivity index is 1.47. The van der Waals surface area contributed by atoms with Crippen LogP contribution in [0.4, 0.5) is 0 Å². The number of rotatable bonds is 3. The summed E-state index contributed by atoms with van der Waals surface area (Å²) in [5, 5.41) is 3.80. The average molecular weight is 341 g/mol. The SMILES string of the molecule is Cc1ccccc1-c1cnc(C(=O)N[C@H]2CN3CCC2CC3C)s1. The van der Waals surface area contributed by atoms with Gasteiger partial charge in [0.25, 0.3) is 5.91 Å². The average Bonchev–Trinajstić information content (AvgIpc) is 3.06. The smallest absolute Gasteiger partial charge is 0.280 e. The fourth-order valence-corrected chi connectivity index (χ4v) is 4.95. The second kappa shape index (κ2) is 6.30. The van der Waals surface area contributed by atoms with E-state index in [1.165, 1.54) is 36.3 Å². The van der Waals surface area contributed by atoms with E-state index in [-0.39, 0.29) is 11.9 Å². The number of hydrogen-bond acceptors (Lipinski definition) is 4. The molecule has 126 valence electrons. The molecule has 0 saturated carbocycles. The Morgan fingerprint density at radius 2 is 2.21 bits per heavy atom. The van der Waals surface area contributed by atoms with E-state index in [4.69, 9.17) is 0 Å². The van der Waals surface area contributed by atoms with Gasteiger partial charge in [-0.1, -0.05) is 24.3 Å². The van der Waals surface area contributed by atoms with Crippen molar-refractivity contribution in [2.75, 3.05) is 13.1 Å². The molecule has 3 fully saturated rings. The molecule has 3 unspecified atom stereocenters. The highest BCUT2D eigenvalue weighted by molar-refractivity contribution is 7.17. The van der Waals surface area contributed by atoms with Crippen LogP contribution in [0.2, 0.25) is 0 Å². The molecule has 1 amide bonds. The molecule has 0 radical (unpaired) electrons. The lowest BCUT2D eigenvalue weighted by molar-refractivity contribution is 0.0274. The van der Waals surface area contributed by atoms with E-state index < -0.39 is 0 Å². The Morgan fingerprint density at radius 1 is 1.38 bits per heavy atom. The lowest BCUT2D eigenvalue weighted by atomic mass is 9.80. The Bertz CT molecular complexity index is 757. The van der Waals surface area contributed by atoms with Crippen LogP contribution in [0.1, 0.15) is 35.1 Å². The van der Waals surface area contributed by atoms with Crippen LogP contribution in [0.5, 0.6) is 0 Å². The monoisotopic (exact) mass is 341 g/mol. The summed E-state index contributed by atoms with van der Waals surface area (Å²) < 4.78 is 0. The van der Waals surface area contributed by atoms with E-state index >= 15 is 0 Å². The zero-order valence-electron chi connectivity index (χ0n) is 14.2. The molecule has 4 heterocycles. The molecule has 1 aromatic heterocycles. The second-order valence-electron chi connectivity index (χ2n) is 7.05. The molecule has 5 rings (SSSR count). The van der Waals surface area contributed by atoms with Gasteiger partial charge in [0, 0.05) is 24.8 Å². The van der Waals surface area contributed by atoms with Crippen LogP contribution in [0.15, 0.2) is 30.5 Å². The maximum Gasteiger partial charge on any atom is 0.280 e. The third-order valence-electron chi connectivity index (χ3n) is 5.48. The number of aryl methyl sites for hydroxylation is 1. The normalized spacial score (nSPS) is 28.8. The number of aromatic nitrogens is 1. The zero-order valence-corrected chi connectivity index (χ0v) is 15.0. The van der Waals surface area contributed by atoms with Crippen molar-refractivity contribution in [3.63, 3.8) is 0 Å². The minimum absolute atomic E-state index is 0.0220. The summed E-state index contributed by atoms with van der Waals surface area (Å²) in [5.41, 5.74) is 2.37. The van der Waals surface area contributed by atoms with Crippen molar-refractivity contribution in [2.24, 2.45) is 5.92 Å². The topological polar surface area (TPSA) is 45.2 Å². The number of thiazole rings is 1. The molecule has 5 heteroatoms. The summed E-state index contributed by atoms with van der Waals surface area (Å²) in [7, 11) is 0. The maximum atomic E-state index is 12.6. The molecule has 3 aliphatic rings. The number of nitrogens with zero attached hydrogens (tertiary/aromatic N) is 2. The summed E-state index contributed by atoms with van der Waals surface area (Å²) in [6.45, 7) is 6.53. The first-order chi connectivity index (χ1) is 11.6. The Labute approximate surface area is 146 Å². The van der Waals surface area contributed by atoms with Gasteiger partial charge in [-0.15, -0.1) is 11.3 Å². The molecule has 0 aliphatic carbocycles. The third-order valence-corrected chi connectivity index (χ3v) is 6.51. The maximum absolute atomic E-state index is 12.6. The molecule has 4 nitrogen and oxygen atoms in total. The van der Waals surface area contributed by atoms with Gasteiger partial charge in [0.05, 0.1) is 4.88 Å². The lowest BCUT2D eigenvalue weighted by Gasteiger charge is -2.48. The van der Waals surface area contributed by atoms with Crippen LogP contribution < -0.4 is 5.32 Å². The predicted molar refractivity (Wildman–Crippen MR) is 97.3 cm³/mol. The number of benzene rings is 1. The standard InChI is InChI=1S/C19H23N3OS/c1-12-5-3-4-6-15(12)17-10-20-19(24-17)18(23)21-16-11-22-8-7-14(16)9-13(22)2/h3-6,10,13-14,16H,7-9,11H2,1-2H3,(H,21,23)/t13?,14?,16-/m0/s1. The van der Waals surface area contributed by atoms with Crippen LogP contribution in [0.25, 0.3) is 10.4 Å². The van der Waals surface area contributed by atoms with Gasteiger partial charge in [0.15, 0.2) is 5.01 Å². The Morgan fingerprint density at radius 3 is 2.92 bits per heavy atom. The molecule has 2 aromatic rings. The fourth-order valence-electron chi connectivity index (χ4n) is 4.04. The van der Waals surface area contributed by atoms with Gasteiger partial charge in [0.2, 0.25) is 0 Å². The quantitative estimate of drug-likeness (QED) is 0.931. The predicted octanol–water partition coefficient (Wildman–Crippen LogP) is 3.33. The van der Waals surface area contributed by atoms with Gasteiger partial charge in [-0.2, -0.15) is 0 Å². The van der Waals surface area contributed by atoms with Gasteiger partial charge in [-0.05, 0) is 50.3 Å². The molecule has 24 heavy (non-hydrogen) atoms. The third kappa shape index (κ3) is 2.87. The first-order valence-corrected chi connectivity index (χ1v) is 9.50. The molecule has 1 aromatic carbocycles. The largest absolute Gasteiger partial charge is 0.346 e. The summed E-state index contributed by atoms with van der Waals surface area (Å²) in [5.74, 6) is 0.594. The van der Waals surface area contributed by atoms with Crippen molar-refractivity contribution in [1.29, 1.82) is 0 Å². The number of piperidine rings is 3. The molecule has 3 saturated heterocycles. The van der Waals surface area contributed by atoms with Crippen molar-refractivity contribution < 1.29 is 4.79 Å². The number of fused-ring (bicyclic) bond motifs is 3. The molecule has 0 spiro atoms. The van der Waals surface area contributed by atoms with E-state index in [1.807, 2.05) is 18.3 Å². The summed E-state index contributed by atoms with van der Waals surface area (Å²) >= 11 is 1.48. The van der Waals surface area contributed by atoms with Crippen molar-refractivity contribution in [2.45, 2.75) is 38.8 Å². The summed E-state index contributed by atoms with van der Waals surface area (Å²) in [6, 6.07) is 9.15. The highest BCUT2D eigenvalue weighted by atomic mass is 32.1. The van der Waals surface area contributed by atoms with Gasteiger partial charge in [-0.25, -0.2) is 4.98 Å². The van der Waals surface area contributed by atoms with Crippen molar-refractivity contribution >= 4 is 17.2 Å². The molecule has 4 atom stereocenters.